The van der Waals surface area contributed by atoms with Crippen LogP contribution in [-0.4, -0.2) is 11.3 Å². The molecule has 184 valence electrons. The molecule has 0 saturated carbocycles. The van der Waals surface area contributed by atoms with E-state index in [1.54, 1.807) is 0 Å². The SMILES string of the molecule is c1ccc(N2c3ccccc3B3c4c2csc4-c2cc4ccccc4c4c5c6ccccc6ccc5n3c24)cc1. The van der Waals surface area contributed by atoms with E-state index in [1.165, 1.54) is 81.8 Å². The van der Waals surface area contributed by atoms with Gasteiger partial charge in [-0.1, -0.05) is 91.0 Å². The fourth-order valence-electron chi connectivity index (χ4n) is 7.46. The Bertz CT molecular complexity index is 2350. The fraction of sp³-hybridized carbons (Fsp3) is 0. The van der Waals surface area contributed by atoms with Gasteiger partial charge >= 0.3 is 6.85 Å². The lowest BCUT2D eigenvalue weighted by atomic mass is 9.46. The molecule has 0 spiro atoms. The van der Waals surface area contributed by atoms with Crippen molar-refractivity contribution in [1.82, 2.24) is 4.48 Å². The number of thiophene rings is 1. The molecule has 2 aromatic heterocycles. The molecule has 0 N–H and O–H groups in total. The summed E-state index contributed by atoms with van der Waals surface area (Å²) in [4.78, 5) is 3.86. The van der Waals surface area contributed by atoms with Crippen molar-refractivity contribution < 1.29 is 0 Å². The number of hydrogen-bond donors (Lipinski definition) is 0. The minimum atomic E-state index is 0.113. The standard InChI is InChI=1S/C36H21BN2S/c1-2-12-24(13-3-1)38-29-17-9-8-16-28(29)37-34-31(38)21-40-36(34)27-20-23-11-5-7-15-26(23)33-32-25-14-6-4-10-22(25)18-19-30(32)39(37)35(27)33/h1-21H. The molecule has 0 radical (unpaired) electrons. The Morgan fingerprint density at radius 3 is 2.20 bits per heavy atom. The van der Waals surface area contributed by atoms with Gasteiger partial charge in [-0.2, -0.15) is 0 Å². The van der Waals surface area contributed by atoms with Gasteiger partial charge in [-0.3, -0.25) is 0 Å². The van der Waals surface area contributed by atoms with Crippen molar-refractivity contribution in [2.24, 2.45) is 0 Å². The van der Waals surface area contributed by atoms with E-state index in [1.807, 2.05) is 11.3 Å². The molecule has 4 heteroatoms. The van der Waals surface area contributed by atoms with E-state index in [0.717, 1.165) is 0 Å². The topological polar surface area (TPSA) is 8.17 Å². The van der Waals surface area contributed by atoms with E-state index >= 15 is 0 Å². The Balaban J connectivity index is 1.45. The van der Waals surface area contributed by atoms with Crippen molar-refractivity contribution >= 4 is 89.5 Å². The number of aromatic nitrogens is 1. The number of benzene rings is 6. The van der Waals surface area contributed by atoms with Crippen LogP contribution in [-0.2, 0) is 0 Å². The van der Waals surface area contributed by atoms with Crippen LogP contribution in [0, 0.1) is 0 Å². The van der Waals surface area contributed by atoms with Crippen molar-refractivity contribution in [2.45, 2.75) is 0 Å². The van der Waals surface area contributed by atoms with Crippen molar-refractivity contribution in [3.63, 3.8) is 0 Å². The van der Waals surface area contributed by atoms with Crippen LogP contribution in [0.3, 0.4) is 0 Å². The summed E-state index contributed by atoms with van der Waals surface area (Å²) < 4.78 is 2.67. The third-order valence-electron chi connectivity index (χ3n) is 8.99. The van der Waals surface area contributed by atoms with Crippen molar-refractivity contribution in [3.05, 3.63) is 127 Å². The third kappa shape index (κ3) is 2.46. The first-order valence-corrected chi connectivity index (χ1v) is 14.7. The van der Waals surface area contributed by atoms with E-state index in [2.05, 4.69) is 136 Å². The maximum Gasteiger partial charge on any atom is 0.333 e. The minimum Gasteiger partial charge on any atom is -0.375 e. The number of nitrogens with zero attached hydrogens (tertiary/aromatic N) is 2. The van der Waals surface area contributed by atoms with Crippen LogP contribution >= 0.6 is 11.3 Å². The lowest BCUT2D eigenvalue weighted by Gasteiger charge is -2.37. The van der Waals surface area contributed by atoms with Gasteiger partial charge in [0.1, 0.15) is 0 Å². The highest BCUT2D eigenvalue weighted by Crippen LogP contribution is 2.50. The molecule has 40 heavy (non-hydrogen) atoms. The number of para-hydroxylation sites is 2. The Morgan fingerprint density at radius 2 is 1.32 bits per heavy atom. The third-order valence-corrected chi connectivity index (χ3v) is 10.0. The molecular formula is C36H21BN2S. The van der Waals surface area contributed by atoms with Crippen LogP contribution in [0.25, 0.3) is 53.8 Å². The Morgan fingerprint density at radius 1 is 0.600 bits per heavy atom. The second kappa shape index (κ2) is 7.44. The maximum absolute atomic E-state index is 2.67. The van der Waals surface area contributed by atoms with Gasteiger partial charge in [-0.15, -0.1) is 11.3 Å². The molecule has 6 aromatic carbocycles. The summed E-state index contributed by atoms with van der Waals surface area (Å²) in [6.45, 7) is 0.113. The predicted octanol–water partition coefficient (Wildman–Crippen LogP) is 8.58. The van der Waals surface area contributed by atoms with E-state index in [9.17, 15) is 0 Å². The fourth-order valence-corrected chi connectivity index (χ4v) is 8.55. The van der Waals surface area contributed by atoms with Crippen molar-refractivity contribution in [2.75, 3.05) is 4.90 Å². The average Bonchev–Trinajstić information content (AvgIpc) is 3.61. The molecule has 0 fully saturated rings. The summed E-state index contributed by atoms with van der Waals surface area (Å²) in [5, 5.41) is 10.4. The summed E-state index contributed by atoms with van der Waals surface area (Å²) >= 11 is 1.89. The van der Waals surface area contributed by atoms with Crippen LogP contribution in [0.15, 0.2) is 127 Å². The molecule has 0 unspecified atom stereocenters. The van der Waals surface area contributed by atoms with Crippen LogP contribution in [0.2, 0.25) is 0 Å². The molecule has 0 aliphatic carbocycles. The molecular weight excluding hydrogens is 503 g/mol. The highest BCUT2D eigenvalue weighted by Gasteiger charge is 2.43. The number of fused-ring (bicyclic) bond motifs is 11. The molecule has 0 atom stereocenters. The quantitative estimate of drug-likeness (QED) is 0.195. The zero-order valence-corrected chi connectivity index (χ0v) is 22.3. The monoisotopic (exact) mass is 524 g/mol. The van der Waals surface area contributed by atoms with E-state index in [4.69, 9.17) is 0 Å². The maximum atomic E-state index is 2.67. The highest BCUT2D eigenvalue weighted by molar-refractivity contribution is 7.17. The van der Waals surface area contributed by atoms with Crippen LogP contribution < -0.4 is 15.8 Å². The summed E-state index contributed by atoms with van der Waals surface area (Å²) in [7, 11) is 0. The van der Waals surface area contributed by atoms with Crippen LogP contribution in [0.4, 0.5) is 17.1 Å². The van der Waals surface area contributed by atoms with Gasteiger partial charge in [0.2, 0.25) is 0 Å². The predicted molar refractivity (Wildman–Crippen MR) is 173 cm³/mol. The normalized spacial score (nSPS) is 13.4. The molecule has 2 aliphatic heterocycles. The van der Waals surface area contributed by atoms with Gasteiger partial charge in [0.05, 0.1) is 5.69 Å². The largest absolute Gasteiger partial charge is 0.375 e. The highest BCUT2D eigenvalue weighted by atomic mass is 32.1. The number of rotatable bonds is 1. The first-order valence-electron chi connectivity index (χ1n) is 13.8. The van der Waals surface area contributed by atoms with Crippen LogP contribution in [0.5, 0.6) is 0 Å². The summed E-state index contributed by atoms with van der Waals surface area (Å²) in [6, 6.07) is 44.7. The zero-order valence-electron chi connectivity index (χ0n) is 21.5. The molecule has 10 rings (SSSR count). The lowest BCUT2D eigenvalue weighted by molar-refractivity contribution is 1.27. The molecule has 4 heterocycles. The van der Waals surface area contributed by atoms with E-state index in [0.29, 0.717) is 0 Å². The molecule has 2 nitrogen and oxygen atoms in total. The Kier molecular flexibility index (Phi) is 3.92. The molecule has 0 bridgehead atoms. The number of anilines is 3. The Labute approximate surface area is 235 Å². The van der Waals surface area contributed by atoms with Crippen molar-refractivity contribution in [3.8, 4) is 10.4 Å². The zero-order chi connectivity index (χ0) is 25.9. The second-order valence-corrected chi connectivity index (χ2v) is 11.8. The first kappa shape index (κ1) is 21.1. The molecule has 2 aliphatic rings. The Hall–Kier alpha value is -4.80. The average molecular weight is 524 g/mol. The van der Waals surface area contributed by atoms with Crippen molar-refractivity contribution in [1.29, 1.82) is 0 Å². The van der Waals surface area contributed by atoms with Gasteiger partial charge < -0.3 is 9.38 Å². The molecule has 0 saturated heterocycles. The van der Waals surface area contributed by atoms with E-state index in [-0.39, 0.29) is 6.85 Å². The number of hydrogen-bond acceptors (Lipinski definition) is 2. The summed E-state index contributed by atoms with van der Waals surface area (Å²) in [5.41, 5.74) is 10.5. The molecule has 0 amide bonds. The van der Waals surface area contributed by atoms with Crippen LogP contribution in [0.1, 0.15) is 0 Å². The van der Waals surface area contributed by atoms with Gasteiger partial charge in [-0.05, 0) is 62.8 Å². The minimum absolute atomic E-state index is 0.113. The second-order valence-electron chi connectivity index (χ2n) is 10.9. The smallest absolute Gasteiger partial charge is 0.333 e. The summed E-state index contributed by atoms with van der Waals surface area (Å²) in [6.07, 6.45) is 0. The van der Waals surface area contributed by atoms with Gasteiger partial charge in [0.25, 0.3) is 0 Å². The first-order chi connectivity index (χ1) is 19.9. The molecule has 8 aromatic rings. The van der Waals surface area contributed by atoms with Gasteiger partial charge in [0.15, 0.2) is 0 Å². The van der Waals surface area contributed by atoms with Gasteiger partial charge in [0, 0.05) is 49.0 Å². The van der Waals surface area contributed by atoms with E-state index < -0.39 is 0 Å². The summed E-state index contributed by atoms with van der Waals surface area (Å²) in [5.74, 6) is 0. The lowest BCUT2D eigenvalue weighted by Crippen LogP contribution is -2.55. The van der Waals surface area contributed by atoms with Gasteiger partial charge in [-0.25, -0.2) is 0 Å².